The highest BCUT2D eigenvalue weighted by molar-refractivity contribution is 4.82. The van der Waals surface area contributed by atoms with E-state index in [-0.39, 0.29) is 12.2 Å². The molecule has 0 aromatic rings. The molecule has 0 saturated carbocycles. The van der Waals surface area contributed by atoms with Crippen LogP contribution < -0.4 is 0 Å². The summed E-state index contributed by atoms with van der Waals surface area (Å²) in [5.74, 6) is 0.516. The van der Waals surface area contributed by atoms with Gasteiger partial charge in [0.1, 0.15) is 0 Å². The molecule has 0 aliphatic carbocycles. The van der Waals surface area contributed by atoms with Crippen LogP contribution in [0.4, 0.5) is 0 Å². The largest absolute Gasteiger partial charge is 0.385 e. The van der Waals surface area contributed by atoms with Crippen LogP contribution in [0.5, 0.6) is 0 Å². The second-order valence-corrected chi connectivity index (χ2v) is 3.55. The summed E-state index contributed by atoms with van der Waals surface area (Å²) >= 11 is 0. The van der Waals surface area contributed by atoms with Crippen molar-refractivity contribution in [3.8, 4) is 0 Å². The van der Waals surface area contributed by atoms with Crippen LogP contribution in [0.15, 0.2) is 0 Å². The third-order valence-corrected chi connectivity index (χ3v) is 2.47. The van der Waals surface area contributed by atoms with E-state index in [1.807, 2.05) is 6.92 Å². The number of hydrogen-bond donors (Lipinski definition) is 0. The molecule has 1 fully saturated rings. The minimum absolute atomic E-state index is 0.231. The molecule has 1 aliphatic rings. The Morgan fingerprint density at radius 1 is 1.46 bits per heavy atom. The van der Waals surface area contributed by atoms with Crippen LogP contribution in [-0.2, 0) is 14.2 Å². The molecule has 0 N–H and O–H groups in total. The van der Waals surface area contributed by atoms with Gasteiger partial charge in [0.15, 0.2) is 0 Å². The highest BCUT2D eigenvalue weighted by Gasteiger charge is 2.34. The van der Waals surface area contributed by atoms with Crippen molar-refractivity contribution in [2.24, 2.45) is 5.92 Å². The Hall–Kier alpha value is -0.120. The highest BCUT2D eigenvalue weighted by Crippen LogP contribution is 2.25. The van der Waals surface area contributed by atoms with Crippen LogP contribution >= 0.6 is 0 Å². The summed E-state index contributed by atoms with van der Waals surface area (Å²) in [5.41, 5.74) is 0. The van der Waals surface area contributed by atoms with E-state index in [9.17, 15) is 0 Å². The van der Waals surface area contributed by atoms with Crippen LogP contribution in [0.25, 0.3) is 0 Å². The second-order valence-electron chi connectivity index (χ2n) is 3.55. The van der Waals surface area contributed by atoms with Crippen LogP contribution in [0.3, 0.4) is 0 Å². The van der Waals surface area contributed by atoms with Crippen LogP contribution in [-0.4, -0.2) is 39.1 Å². The zero-order valence-corrected chi connectivity index (χ0v) is 8.79. The molecule has 0 spiro atoms. The average molecular weight is 188 g/mol. The predicted molar refractivity (Wildman–Crippen MR) is 50.8 cm³/mol. The van der Waals surface area contributed by atoms with E-state index in [2.05, 4.69) is 6.92 Å². The van der Waals surface area contributed by atoms with Crippen molar-refractivity contribution in [3.63, 3.8) is 0 Å². The molecule has 1 heterocycles. The zero-order chi connectivity index (χ0) is 9.68. The van der Waals surface area contributed by atoms with Gasteiger partial charge in [-0.2, -0.15) is 0 Å². The SMILES string of the molecule is CCO[C@H]1C(C)COC1CCOC. The lowest BCUT2D eigenvalue weighted by Crippen LogP contribution is -2.29. The Balaban J connectivity index is 2.34. The summed E-state index contributed by atoms with van der Waals surface area (Å²) in [6.07, 6.45) is 1.43. The summed E-state index contributed by atoms with van der Waals surface area (Å²) in [7, 11) is 1.72. The smallest absolute Gasteiger partial charge is 0.0884 e. The fourth-order valence-electron chi connectivity index (χ4n) is 1.78. The summed E-state index contributed by atoms with van der Waals surface area (Å²) < 4.78 is 16.3. The molecular weight excluding hydrogens is 168 g/mol. The van der Waals surface area contributed by atoms with Gasteiger partial charge in [0.2, 0.25) is 0 Å². The quantitative estimate of drug-likeness (QED) is 0.653. The number of rotatable bonds is 5. The third kappa shape index (κ3) is 2.93. The monoisotopic (exact) mass is 188 g/mol. The Morgan fingerprint density at radius 3 is 2.85 bits per heavy atom. The molecule has 1 saturated heterocycles. The minimum atomic E-state index is 0.231. The van der Waals surface area contributed by atoms with Gasteiger partial charge in [0.05, 0.1) is 18.8 Å². The molecule has 78 valence electrons. The maximum Gasteiger partial charge on any atom is 0.0884 e. The van der Waals surface area contributed by atoms with E-state index in [0.717, 1.165) is 26.2 Å². The molecule has 0 aromatic carbocycles. The van der Waals surface area contributed by atoms with Crippen LogP contribution in [0.1, 0.15) is 20.3 Å². The fourth-order valence-corrected chi connectivity index (χ4v) is 1.78. The topological polar surface area (TPSA) is 27.7 Å². The van der Waals surface area contributed by atoms with E-state index in [0.29, 0.717) is 5.92 Å². The molecule has 0 radical (unpaired) electrons. The predicted octanol–water partition coefficient (Wildman–Crippen LogP) is 1.46. The van der Waals surface area contributed by atoms with Gasteiger partial charge in [0, 0.05) is 26.2 Å². The van der Waals surface area contributed by atoms with E-state index < -0.39 is 0 Å². The standard InChI is InChI=1S/C10H20O3/c1-4-12-10-8(2)7-13-9(10)5-6-11-3/h8-10H,4-7H2,1-3H3/t8?,9?,10-/m0/s1. The van der Waals surface area contributed by atoms with Crippen molar-refractivity contribution in [3.05, 3.63) is 0 Å². The normalized spacial score (nSPS) is 33.9. The van der Waals surface area contributed by atoms with Gasteiger partial charge in [-0.05, 0) is 13.3 Å². The summed E-state index contributed by atoms with van der Waals surface area (Å²) in [5, 5.41) is 0. The maximum absolute atomic E-state index is 5.64. The van der Waals surface area contributed by atoms with Gasteiger partial charge in [-0.25, -0.2) is 0 Å². The molecule has 1 aliphatic heterocycles. The summed E-state index contributed by atoms with van der Waals surface area (Å²) in [6, 6.07) is 0. The van der Waals surface area contributed by atoms with Crippen LogP contribution in [0.2, 0.25) is 0 Å². The molecule has 3 nitrogen and oxygen atoms in total. The van der Waals surface area contributed by atoms with Gasteiger partial charge in [0.25, 0.3) is 0 Å². The van der Waals surface area contributed by atoms with E-state index in [1.165, 1.54) is 0 Å². The molecule has 0 bridgehead atoms. The lowest BCUT2D eigenvalue weighted by molar-refractivity contribution is -0.0232. The fraction of sp³-hybridized carbons (Fsp3) is 1.00. The van der Waals surface area contributed by atoms with Gasteiger partial charge >= 0.3 is 0 Å². The summed E-state index contributed by atoms with van der Waals surface area (Å²) in [4.78, 5) is 0. The lowest BCUT2D eigenvalue weighted by atomic mass is 10.0. The van der Waals surface area contributed by atoms with Gasteiger partial charge in [-0.1, -0.05) is 6.92 Å². The van der Waals surface area contributed by atoms with Crippen molar-refractivity contribution >= 4 is 0 Å². The molecule has 2 unspecified atom stereocenters. The first-order valence-corrected chi connectivity index (χ1v) is 5.01. The number of hydrogen-bond acceptors (Lipinski definition) is 3. The Kier molecular flexibility index (Phi) is 4.70. The Bertz CT molecular complexity index is 138. The van der Waals surface area contributed by atoms with Gasteiger partial charge in [-0.3, -0.25) is 0 Å². The first-order valence-electron chi connectivity index (χ1n) is 5.01. The van der Waals surface area contributed by atoms with Gasteiger partial charge in [-0.15, -0.1) is 0 Å². The van der Waals surface area contributed by atoms with Crippen molar-refractivity contribution in [1.29, 1.82) is 0 Å². The molecule has 13 heavy (non-hydrogen) atoms. The number of methoxy groups -OCH3 is 1. The average Bonchev–Trinajstić information content (AvgIpc) is 2.46. The van der Waals surface area contributed by atoms with Gasteiger partial charge < -0.3 is 14.2 Å². The highest BCUT2D eigenvalue weighted by atomic mass is 16.6. The third-order valence-electron chi connectivity index (χ3n) is 2.47. The maximum atomic E-state index is 5.64. The van der Waals surface area contributed by atoms with Crippen molar-refractivity contribution in [2.75, 3.05) is 26.9 Å². The van der Waals surface area contributed by atoms with E-state index >= 15 is 0 Å². The molecule has 3 atom stereocenters. The first-order chi connectivity index (χ1) is 6.29. The van der Waals surface area contributed by atoms with E-state index in [4.69, 9.17) is 14.2 Å². The Labute approximate surface area is 80.4 Å². The molecule has 1 rings (SSSR count). The molecule has 0 aromatic heterocycles. The second kappa shape index (κ2) is 5.58. The number of ether oxygens (including phenoxy) is 3. The Morgan fingerprint density at radius 2 is 2.23 bits per heavy atom. The minimum Gasteiger partial charge on any atom is -0.385 e. The van der Waals surface area contributed by atoms with Crippen LogP contribution in [0, 0.1) is 5.92 Å². The zero-order valence-electron chi connectivity index (χ0n) is 8.79. The first kappa shape index (κ1) is 11.0. The van der Waals surface area contributed by atoms with E-state index in [1.54, 1.807) is 7.11 Å². The van der Waals surface area contributed by atoms with Crippen molar-refractivity contribution in [2.45, 2.75) is 32.5 Å². The van der Waals surface area contributed by atoms with Crippen molar-refractivity contribution in [1.82, 2.24) is 0 Å². The molecule has 3 heteroatoms. The molecule has 0 amide bonds. The van der Waals surface area contributed by atoms with Crippen molar-refractivity contribution < 1.29 is 14.2 Å². The summed E-state index contributed by atoms with van der Waals surface area (Å²) in [6.45, 7) is 6.54. The lowest BCUT2D eigenvalue weighted by Gasteiger charge is -2.20. The molecular formula is C10H20O3.